The van der Waals surface area contributed by atoms with Gasteiger partial charge in [-0.3, -0.25) is 4.98 Å². The summed E-state index contributed by atoms with van der Waals surface area (Å²) in [5.41, 5.74) is 0.495. The first-order chi connectivity index (χ1) is 9.67. The van der Waals surface area contributed by atoms with Crippen molar-refractivity contribution in [2.24, 2.45) is 0 Å². The quantitative estimate of drug-likeness (QED) is 0.931. The van der Waals surface area contributed by atoms with Gasteiger partial charge in [-0.1, -0.05) is 18.2 Å². The molecule has 20 heavy (non-hydrogen) atoms. The first-order valence-corrected chi connectivity index (χ1v) is 8.10. The molecule has 0 spiro atoms. The standard InChI is InChI=1S/C14H16N2O3S/c17-20(18,16-10-12-6-3-9-19-12)13-7-1-4-11-5-2-8-15-14(11)13/h1-2,4-5,7-8,12,16H,3,6,9-10H2/t12-/m1/s1. The van der Waals surface area contributed by atoms with Crippen LogP contribution in [0.4, 0.5) is 0 Å². The maximum atomic E-state index is 12.4. The minimum atomic E-state index is -3.57. The zero-order valence-electron chi connectivity index (χ0n) is 11.0. The van der Waals surface area contributed by atoms with Crippen molar-refractivity contribution in [3.8, 4) is 0 Å². The van der Waals surface area contributed by atoms with E-state index in [4.69, 9.17) is 4.74 Å². The van der Waals surface area contributed by atoms with Crippen molar-refractivity contribution in [3.05, 3.63) is 36.5 Å². The van der Waals surface area contributed by atoms with Gasteiger partial charge in [0.2, 0.25) is 10.0 Å². The van der Waals surface area contributed by atoms with E-state index in [1.54, 1.807) is 24.4 Å². The lowest BCUT2D eigenvalue weighted by Crippen LogP contribution is -2.32. The number of nitrogens with one attached hydrogen (secondary N) is 1. The van der Waals surface area contributed by atoms with Crippen LogP contribution in [0.5, 0.6) is 0 Å². The smallest absolute Gasteiger partial charge is 0.242 e. The third-order valence-electron chi connectivity index (χ3n) is 3.41. The number of ether oxygens (including phenoxy) is 1. The van der Waals surface area contributed by atoms with Crippen LogP contribution in [0.25, 0.3) is 10.9 Å². The van der Waals surface area contributed by atoms with Gasteiger partial charge in [0.1, 0.15) is 4.90 Å². The number of rotatable bonds is 4. The molecule has 1 N–H and O–H groups in total. The van der Waals surface area contributed by atoms with Crippen molar-refractivity contribution in [1.82, 2.24) is 9.71 Å². The van der Waals surface area contributed by atoms with Gasteiger partial charge in [-0.25, -0.2) is 13.1 Å². The molecule has 1 aliphatic heterocycles. The van der Waals surface area contributed by atoms with E-state index in [1.807, 2.05) is 12.1 Å². The normalized spacial score (nSPS) is 19.5. The highest BCUT2D eigenvalue weighted by molar-refractivity contribution is 7.89. The Bertz CT molecular complexity index is 704. The monoisotopic (exact) mass is 292 g/mol. The van der Waals surface area contributed by atoms with E-state index >= 15 is 0 Å². The molecule has 1 atom stereocenters. The van der Waals surface area contributed by atoms with Gasteiger partial charge in [-0.2, -0.15) is 0 Å². The molecule has 2 heterocycles. The van der Waals surface area contributed by atoms with E-state index in [9.17, 15) is 8.42 Å². The number of nitrogens with zero attached hydrogens (tertiary/aromatic N) is 1. The number of sulfonamides is 1. The fourth-order valence-corrected chi connectivity index (χ4v) is 3.62. The average Bonchev–Trinajstić information content (AvgIpc) is 2.98. The number of fused-ring (bicyclic) bond motifs is 1. The van der Waals surface area contributed by atoms with Crippen LogP contribution in [-0.4, -0.2) is 32.7 Å². The topological polar surface area (TPSA) is 68.3 Å². The van der Waals surface area contributed by atoms with E-state index in [0.717, 1.165) is 18.2 Å². The molecule has 1 saturated heterocycles. The number of hydrogen-bond donors (Lipinski definition) is 1. The highest BCUT2D eigenvalue weighted by atomic mass is 32.2. The first-order valence-electron chi connectivity index (χ1n) is 6.62. The second-order valence-electron chi connectivity index (χ2n) is 4.82. The molecular formula is C14H16N2O3S. The zero-order valence-corrected chi connectivity index (χ0v) is 11.8. The summed E-state index contributed by atoms with van der Waals surface area (Å²) in [5.74, 6) is 0. The maximum absolute atomic E-state index is 12.4. The van der Waals surface area contributed by atoms with Crippen molar-refractivity contribution < 1.29 is 13.2 Å². The molecule has 0 aliphatic carbocycles. The molecule has 1 fully saturated rings. The molecule has 106 valence electrons. The molecule has 0 radical (unpaired) electrons. The molecule has 0 bridgehead atoms. The Morgan fingerprint density at radius 2 is 2.15 bits per heavy atom. The molecular weight excluding hydrogens is 276 g/mol. The van der Waals surface area contributed by atoms with Gasteiger partial charge >= 0.3 is 0 Å². The first kappa shape index (κ1) is 13.5. The van der Waals surface area contributed by atoms with E-state index < -0.39 is 10.0 Å². The summed E-state index contributed by atoms with van der Waals surface area (Å²) in [5, 5.41) is 0.812. The average molecular weight is 292 g/mol. The highest BCUT2D eigenvalue weighted by Crippen LogP contribution is 2.20. The summed E-state index contributed by atoms with van der Waals surface area (Å²) in [6.45, 7) is 1.02. The summed E-state index contributed by atoms with van der Waals surface area (Å²) in [4.78, 5) is 4.39. The van der Waals surface area contributed by atoms with Crippen LogP contribution in [-0.2, 0) is 14.8 Å². The predicted octanol–water partition coefficient (Wildman–Crippen LogP) is 1.69. The van der Waals surface area contributed by atoms with Crippen molar-refractivity contribution in [2.45, 2.75) is 23.8 Å². The Kier molecular flexibility index (Phi) is 3.69. The number of pyridine rings is 1. The van der Waals surface area contributed by atoms with Crippen molar-refractivity contribution in [2.75, 3.05) is 13.2 Å². The van der Waals surface area contributed by atoms with E-state index in [2.05, 4.69) is 9.71 Å². The third kappa shape index (κ3) is 2.67. The van der Waals surface area contributed by atoms with Gasteiger partial charge in [0.25, 0.3) is 0 Å². The number of benzene rings is 1. The number of hydrogen-bond acceptors (Lipinski definition) is 4. The van der Waals surface area contributed by atoms with Gasteiger partial charge in [-0.05, 0) is 25.0 Å². The molecule has 0 saturated carbocycles. The minimum absolute atomic E-state index is 0.0206. The molecule has 2 aromatic rings. The van der Waals surface area contributed by atoms with E-state index in [0.29, 0.717) is 18.7 Å². The van der Waals surface area contributed by atoms with E-state index in [-0.39, 0.29) is 11.0 Å². The predicted molar refractivity (Wildman–Crippen MR) is 75.9 cm³/mol. The molecule has 0 unspecified atom stereocenters. The Balaban J connectivity index is 1.88. The minimum Gasteiger partial charge on any atom is -0.377 e. The van der Waals surface area contributed by atoms with Gasteiger partial charge in [0.15, 0.2) is 0 Å². The van der Waals surface area contributed by atoms with Crippen LogP contribution in [0.1, 0.15) is 12.8 Å². The van der Waals surface area contributed by atoms with Crippen molar-refractivity contribution in [3.63, 3.8) is 0 Å². The number of aromatic nitrogens is 1. The van der Waals surface area contributed by atoms with E-state index in [1.165, 1.54) is 0 Å². The van der Waals surface area contributed by atoms with Crippen LogP contribution in [0.3, 0.4) is 0 Å². The molecule has 1 aromatic carbocycles. The second-order valence-corrected chi connectivity index (χ2v) is 6.55. The lowest BCUT2D eigenvalue weighted by Gasteiger charge is -2.12. The van der Waals surface area contributed by atoms with Crippen LogP contribution < -0.4 is 4.72 Å². The second kappa shape index (κ2) is 5.47. The highest BCUT2D eigenvalue weighted by Gasteiger charge is 2.22. The Morgan fingerprint density at radius 3 is 2.95 bits per heavy atom. The third-order valence-corrected chi connectivity index (χ3v) is 4.87. The zero-order chi connectivity index (χ0) is 14.0. The van der Waals surface area contributed by atoms with Crippen molar-refractivity contribution in [1.29, 1.82) is 0 Å². The summed E-state index contributed by atoms with van der Waals surface area (Å²) in [6, 6.07) is 8.79. The summed E-state index contributed by atoms with van der Waals surface area (Å²) < 4.78 is 32.8. The van der Waals surface area contributed by atoms with Gasteiger partial charge in [0.05, 0.1) is 11.6 Å². The van der Waals surface area contributed by atoms with Crippen LogP contribution >= 0.6 is 0 Å². The SMILES string of the molecule is O=S(=O)(NC[C@H]1CCCO1)c1cccc2cccnc12. The van der Waals surface area contributed by atoms with Gasteiger partial charge < -0.3 is 4.74 Å². The van der Waals surface area contributed by atoms with Gasteiger partial charge in [0, 0.05) is 24.7 Å². The molecule has 0 amide bonds. The lowest BCUT2D eigenvalue weighted by atomic mass is 10.2. The molecule has 6 heteroatoms. The van der Waals surface area contributed by atoms with Crippen LogP contribution in [0, 0.1) is 0 Å². The molecule has 1 aromatic heterocycles. The van der Waals surface area contributed by atoms with Crippen molar-refractivity contribution >= 4 is 20.9 Å². The Morgan fingerprint density at radius 1 is 1.30 bits per heavy atom. The fraction of sp³-hybridized carbons (Fsp3) is 0.357. The number of para-hydroxylation sites is 1. The van der Waals surface area contributed by atoms with Crippen LogP contribution in [0.15, 0.2) is 41.4 Å². The largest absolute Gasteiger partial charge is 0.377 e. The van der Waals surface area contributed by atoms with Gasteiger partial charge in [-0.15, -0.1) is 0 Å². The van der Waals surface area contributed by atoms with Crippen LogP contribution in [0.2, 0.25) is 0 Å². The molecule has 3 rings (SSSR count). The maximum Gasteiger partial charge on any atom is 0.242 e. The summed E-state index contributed by atoms with van der Waals surface area (Å²) in [6.07, 6.45) is 3.47. The lowest BCUT2D eigenvalue weighted by molar-refractivity contribution is 0.114. The Hall–Kier alpha value is -1.50. The summed E-state index contributed by atoms with van der Waals surface area (Å²) >= 11 is 0. The Labute approximate surface area is 118 Å². The molecule has 5 nitrogen and oxygen atoms in total. The summed E-state index contributed by atoms with van der Waals surface area (Å²) in [7, 11) is -3.57. The fourth-order valence-electron chi connectivity index (χ4n) is 2.38. The molecule has 1 aliphatic rings.